The van der Waals surface area contributed by atoms with E-state index in [1.165, 1.54) is 0 Å². The zero-order valence-corrected chi connectivity index (χ0v) is 12.1. The van der Waals surface area contributed by atoms with Gasteiger partial charge in [0.2, 0.25) is 0 Å². The first-order valence-corrected chi connectivity index (χ1v) is 6.96. The fourth-order valence-corrected chi connectivity index (χ4v) is 3.36. The molecule has 3 nitrogen and oxygen atoms in total. The van der Waals surface area contributed by atoms with Crippen LogP contribution in [-0.2, 0) is 0 Å². The number of nitrogen functional groups attached to an aromatic ring is 1. The van der Waals surface area contributed by atoms with Gasteiger partial charge >= 0.3 is 0 Å². The summed E-state index contributed by atoms with van der Waals surface area (Å²) in [6.45, 7) is 12.2. The summed E-state index contributed by atoms with van der Waals surface area (Å²) >= 11 is 5.62. The van der Waals surface area contributed by atoms with Crippen molar-refractivity contribution in [3.8, 4) is 0 Å². The predicted molar refractivity (Wildman–Crippen MR) is 87.9 cm³/mol. The number of nitrogens with one attached hydrogen (secondary N) is 1. The number of benzene rings is 1. The fraction of sp³-hybridized carbons (Fsp3) is 0.188. The van der Waals surface area contributed by atoms with Gasteiger partial charge in [-0.1, -0.05) is 44.1 Å². The van der Waals surface area contributed by atoms with Gasteiger partial charge in [0.05, 0.1) is 6.04 Å². The lowest BCUT2D eigenvalue weighted by Gasteiger charge is -2.36. The number of allylic oxidation sites excluding steroid dienone is 1. The minimum atomic E-state index is 0.104. The summed E-state index contributed by atoms with van der Waals surface area (Å²) in [5.41, 5.74) is 11.5. The third-order valence-corrected chi connectivity index (χ3v) is 4.30. The second-order valence-electron chi connectivity index (χ2n) is 5.20. The maximum Gasteiger partial charge on any atom is 0.117 e. The van der Waals surface area contributed by atoms with Crippen LogP contribution in [0.4, 0.5) is 5.69 Å². The number of nitrogens with two attached hydrogens (primary N) is 1. The highest BCUT2D eigenvalue weighted by Gasteiger charge is 2.36. The maximum absolute atomic E-state index is 6.07. The summed E-state index contributed by atoms with van der Waals surface area (Å²) in [6.07, 6.45) is 1.83. The zero-order chi connectivity index (χ0) is 14.4. The highest BCUT2D eigenvalue weighted by atomic mass is 32.1. The highest BCUT2D eigenvalue weighted by Crippen LogP contribution is 2.39. The van der Waals surface area contributed by atoms with Gasteiger partial charge in [0.25, 0.3) is 0 Å². The Morgan fingerprint density at radius 1 is 1.30 bits per heavy atom. The number of hydrogen-bond acceptors (Lipinski definition) is 3. The number of thiocarbonyl (C=S) groups is 1. The molecule has 2 aliphatic rings. The van der Waals surface area contributed by atoms with Gasteiger partial charge in [0.1, 0.15) is 4.99 Å². The molecule has 102 valence electrons. The van der Waals surface area contributed by atoms with Crippen molar-refractivity contribution in [2.75, 3.05) is 5.73 Å². The summed E-state index contributed by atoms with van der Waals surface area (Å²) in [6, 6.07) is 5.92. The smallest absolute Gasteiger partial charge is 0.117 e. The van der Waals surface area contributed by atoms with E-state index in [9.17, 15) is 0 Å². The SMILES string of the molecule is C=C1CCC(N2C(=C)c3cccc(N)c3C2=S)C(=C)N1. The number of nitrogens with zero attached hydrogens (tertiary/aromatic N) is 1. The van der Waals surface area contributed by atoms with Crippen LogP contribution < -0.4 is 11.1 Å². The average Bonchev–Trinajstić information content (AvgIpc) is 2.64. The van der Waals surface area contributed by atoms with Crippen molar-refractivity contribution < 1.29 is 0 Å². The van der Waals surface area contributed by atoms with E-state index in [-0.39, 0.29) is 6.04 Å². The van der Waals surface area contributed by atoms with Crippen molar-refractivity contribution in [3.05, 3.63) is 60.5 Å². The molecule has 0 radical (unpaired) electrons. The number of piperidine rings is 1. The molecule has 20 heavy (non-hydrogen) atoms. The molecule has 3 rings (SSSR count). The standard InChI is InChI=1S/C16H17N3S/c1-9-7-8-14(10(2)18-9)19-11(3)12-5-4-6-13(17)15(12)16(19)20/h4-6,14,18H,1-3,7-8,17H2. The van der Waals surface area contributed by atoms with Crippen molar-refractivity contribution in [1.29, 1.82) is 0 Å². The van der Waals surface area contributed by atoms with E-state index in [0.717, 1.165) is 46.0 Å². The van der Waals surface area contributed by atoms with Crippen molar-refractivity contribution in [2.24, 2.45) is 0 Å². The lowest BCUT2D eigenvalue weighted by molar-refractivity contribution is 0.411. The van der Waals surface area contributed by atoms with Crippen LogP contribution in [0.15, 0.2) is 49.3 Å². The zero-order valence-electron chi connectivity index (χ0n) is 11.3. The first-order valence-electron chi connectivity index (χ1n) is 6.55. The van der Waals surface area contributed by atoms with Gasteiger partial charge in [-0.15, -0.1) is 0 Å². The molecule has 4 heteroatoms. The quantitative estimate of drug-likeness (QED) is 0.614. The highest BCUT2D eigenvalue weighted by molar-refractivity contribution is 7.80. The van der Waals surface area contributed by atoms with E-state index in [1.807, 2.05) is 18.2 Å². The van der Waals surface area contributed by atoms with Gasteiger partial charge in [-0.2, -0.15) is 0 Å². The molecule has 1 aromatic carbocycles. The molecular weight excluding hydrogens is 266 g/mol. The predicted octanol–water partition coefficient (Wildman–Crippen LogP) is 3.01. The Morgan fingerprint density at radius 2 is 2.05 bits per heavy atom. The Bertz CT molecular complexity index is 660. The molecule has 1 aromatic rings. The lowest BCUT2D eigenvalue weighted by atomic mass is 10.0. The van der Waals surface area contributed by atoms with Crippen LogP contribution in [0.1, 0.15) is 24.0 Å². The largest absolute Gasteiger partial charge is 0.398 e. The Hall–Kier alpha value is -2.07. The summed E-state index contributed by atoms with van der Waals surface area (Å²) in [4.78, 5) is 2.81. The summed E-state index contributed by atoms with van der Waals surface area (Å²) in [5.74, 6) is 0. The summed E-state index contributed by atoms with van der Waals surface area (Å²) < 4.78 is 0. The molecule has 2 heterocycles. The van der Waals surface area contributed by atoms with Gasteiger partial charge in [0, 0.05) is 33.9 Å². The molecule has 2 aliphatic heterocycles. The third-order valence-electron chi connectivity index (χ3n) is 3.90. The van der Waals surface area contributed by atoms with Crippen molar-refractivity contribution in [3.63, 3.8) is 0 Å². The van der Waals surface area contributed by atoms with Crippen LogP contribution >= 0.6 is 12.2 Å². The minimum absolute atomic E-state index is 0.104. The van der Waals surface area contributed by atoms with Gasteiger partial charge in [-0.3, -0.25) is 0 Å². The van der Waals surface area contributed by atoms with E-state index >= 15 is 0 Å². The van der Waals surface area contributed by atoms with E-state index in [4.69, 9.17) is 18.0 Å². The second-order valence-corrected chi connectivity index (χ2v) is 5.59. The van der Waals surface area contributed by atoms with Gasteiger partial charge < -0.3 is 16.0 Å². The second kappa shape index (κ2) is 4.49. The van der Waals surface area contributed by atoms with Gasteiger partial charge in [0.15, 0.2) is 0 Å². The molecule has 0 aliphatic carbocycles. The summed E-state index contributed by atoms with van der Waals surface area (Å²) in [5, 5.41) is 3.23. The first-order chi connectivity index (χ1) is 9.50. The number of rotatable bonds is 1. The van der Waals surface area contributed by atoms with E-state index < -0.39 is 0 Å². The molecule has 1 fully saturated rings. The van der Waals surface area contributed by atoms with Crippen molar-refractivity contribution in [1.82, 2.24) is 10.2 Å². The van der Waals surface area contributed by atoms with Gasteiger partial charge in [-0.25, -0.2) is 0 Å². The molecule has 0 amide bonds. The third kappa shape index (κ3) is 1.76. The van der Waals surface area contributed by atoms with Crippen LogP contribution in [-0.4, -0.2) is 15.9 Å². The van der Waals surface area contributed by atoms with Crippen LogP contribution in [0.2, 0.25) is 0 Å². The monoisotopic (exact) mass is 283 g/mol. The number of anilines is 1. The van der Waals surface area contributed by atoms with Crippen LogP contribution in [0.5, 0.6) is 0 Å². The molecular formula is C16H17N3S. The van der Waals surface area contributed by atoms with Crippen LogP contribution in [0, 0.1) is 0 Å². The lowest BCUT2D eigenvalue weighted by Crippen LogP contribution is -2.42. The molecule has 1 atom stereocenters. The average molecular weight is 283 g/mol. The molecule has 3 N–H and O–H groups in total. The van der Waals surface area contributed by atoms with E-state index in [0.29, 0.717) is 5.69 Å². The molecule has 0 saturated carbocycles. The minimum Gasteiger partial charge on any atom is -0.398 e. The van der Waals surface area contributed by atoms with E-state index in [2.05, 4.69) is 30.0 Å². The molecule has 1 unspecified atom stereocenters. The van der Waals surface area contributed by atoms with Crippen molar-refractivity contribution >= 4 is 28.6 Å². The normalized spacial score (nSPS) is 22.0. The van der Waals surface area contributed by atoms with Crippen LogP contribution in [0.25, 0.3) is 5.70 Å². The topological polar surface area (TPSA) is 41.3 Å². The maximum atomic E-state index is 6.07. The molecule has 0 bridgehead atoms. The molecule has 0 aromatic heterocycles. The Morgan fingerprint density at radius 3 is 2.70 bits per heavy atom. The van der Waals surface area contributed by atoms with Gasteiger partial charge in [-0.05, 0) is 18.9 Å². The van der Waals surface area contributed by atoms with Crippen molar-refractivity contribution in [2.45, 2.75) is 18.9 Å². The number of hydrogen-bond donors (Lipinski definition) is 2. The fourth-order valence-electron chi connectivity index (χ4n) is 2.89. The first kappa shape index (κ1) is 12.9. The molecule has 1 saturated heterocycles. The van der Waals surface area contributed by atoms with Crippen LogP contribution in [0.3, 0.4) is 0 Å². The number of fused-ring (bicyclic) bond motifs is 1. The molecule has 0 spiro atoms. The Balaban J connectivity index is 2.00. The summed E-state index contributed by atoms with van der Waals surface area (Å²) in [7, 11) is 0. The Labute approximate surface area is 124 Å². The van der Waals surface area contributed by atoms with E-state index in [1.54, 1.807) is 0 Å². The Kier molecular flexibility index (Phi) is 2.91.